The maximum Gasteiger partial charge on any atom is 0.127 e. The van der Waals surface area contributed by atoms with E-state index in [0.717, 1.165) is 11.4 Å². The summed E-state index contributed by atoms with van der Waals surface area (Å²) in [6.07, 6.45) is 1.87. The Balaban J connectivity index is 2.64. The third kappa shape index (κ3) is 2.97. The highest BCUT2D eigenvalue weighted by atomic mass is 16.3. The molecule has 1 rings (SSSR count). The molecule has 1 heterocycles. The fourth-order valence-electron chi connectivity index (χ4n) is 1.16. The molecule has 0 saturated carbocycles. The zero-order valence-electron chi connectivity index (χ0n) is 8.64. The Morgan fingerprint density at radius 1 is 1.50 bits per heavy atom. The highest BCUT2D eigenvalue weighted by molar-refractivity contribution is 5.37. The van der Waals surface area contributed by atoms with E-state index in [4.69, 9.17) is 5.73 Å². The molecular weight excluding hydrogens is 178 g/mol. The fraction of sp³-hybridized carbons (Fsp3) is 0.500. The van der Waals surface area contributed by atoms with E-state index in [9.17, 15) is 5.11 Å². The molecule has 1 atom stereocenters. The van der Waals surface area contributed by atoms with Gasteiger partial charge in [-0.3, -0.25) is 0 Å². The van der Waals surface area contributed by atoms with Gasteiger partial charge in [-0.15, -0.1) is 0 Å². The molecular formula is C10H17N3O. The molecule has 78 valence electrons. The Hall–Kier alpha value is -1.13. The van der Waals surface area contributed by atoms with Crippen molar-refractivity contribution in [3.05, 3.63) is 23.9 Å². The van der Waals surface area contributed by atoms with Crippen molar-refractivity contribution in [3.63, 3.8) is 0 Å². The van der Waals surface area contributed by atoms with Gasteiger partial charge in [-0.25, -0.2) is 4.98 Å². The zero-order chi connectivity index (χ0) is 10.6. The van der Waals surface area contributed by atoms with Gasteiger partial charge in [-0.1, -0.05) is 6.07 Å². The number of rotatable bonds is 4. The summed E-state index contributed by atoms with van der Waals surface area (Å²) in [7, 11) is 3.88. The van der Waals surface area contributed by atoms with Crippen LogP contribution in [-0.4, -0.2) is 36.8 Å². The quantitative estimate of drug-likeness (QED) is 0.710. The fourth-order valence-corrected chi connectivity index (χ4v) is 1.16. The summed E-state index contributed by atoms with van der Waals surface area (Å²) >= 11 is 0. The predicted molar refractivity (Wildman–Crippen MR) is 57.3 cm³/mol. The number of nitrogens with zero attached hydrogens (tertiary/aromatic N) is 2. The van der Waals surface area contributed by atoms with Crippen molar-refractivity contribution in [2.45, 2.75) is 12.5 Å². The molecule has 1 unspecified atom stereocenters. The standard InChI is InChI=1S/C10H17N3O/c1-13(2)10-4-3-8(7-12-10)5-9(14)6-11/h3-4,7,9,14H,5-6,11H2,1-2H3. The van der Waals surface area contributed by atoms with E-state index in [-0.39, 0.29) is 6.54 Å². The van der Waals surface area contributed by atoms with Crippen LogP contribution in [0.2, 0.25) is 0 Å². The lowest BCUT2D eigenvalue weighted by atomic mass is 10.1. The number of hydrogen-bond acceptors (Lipinski definition) is 4. The first kappa shape index (κ1) is 10.9. The molecule has 0 aromatic carbocycles. The maximum absolute atomic E-state index is 9.33. The molecule has 0 aliphatic carbocycles. The van der Waals surface area contributed by atoms with Crippen LogP contribution in [0.3, 0.4) is 0 Å². The van der Waals surface area contributed by atoms with Gasteiger partial charge >= 0.3 is 0 Å². The van der Waals surface area contributed by atoms with Gasteiger partial charge < -0.3 is 15.7 Å². The van der Waals surface area contributed by atoms with Gasteiger partial charge in [0.05, 0.1) is 6.10 Å². The van der Waals surface area contributed by atoms with Gasteiger partial charge in [-0.2, -0.15) is 0 Å². The summed E-state index contributed by atoms with van der Waals surface area (Å²) in [6, 6.07) is 3.89. The van der Waals surface area contributed by atoms with Crippen LogP contribution in [0.15, 0.2) is 18.3 Å². The maximum atomic E-state index is 9.33. The van der Waals surface area contributed by atoms with Crippen molar-refractivity contribution in [2.24, 2.45) is 5.73 Å². The number of nitrogens with two attached hydrogens (primary N) is 1. The van der Waals surface area contributed by atoms with Crippen molar-refractivity contribution in [1.29, 1.82) is 0 Å². The smallest absolute Gasteiger partial charge is 0.127 e. The normalized spacial score (nSPS) is 12.6. The van der Waals surface area contributed by atoms with Crippen molar-refractivity contribution >= 4 is 5.82 Å². The van der Waals surface area contributed by atoms with E-state index in [1.807, 2.05) is 31.1 Å². The Morgan fingerprint density at radius 2 is 2.21 bits per heavy atom. The molecule has 1 aromatic heterocycles. The third-order valence-electron chi connectivity index (χ3n) is 2.01. The molecule has 1 aromatic rings. The van der Waals surface area contributed by atoms with Crippen LogP contribution >= 0.6 is 0 Å². The number of pyridine rings is 1. The van der Waals surface area contributed by atoms with E-state index in [2.05, 4.69) is 4.98 Å². The molecule has 0 aliphatic rings. The highest BCUT2D eigenvalue weighted by Crippen LogP contribution is 2.09. The number of aliphatic hydroxyl groups excluding tert-OH is 1. The van der Waals surface area contributed by atoms with E-state index < -0.39 is 6.10 Å². The summed E-state index contributed by atoms with van der Waals surface area (Å²) in [6.45, 7) is 0.287. The lowest BCUT2D eigenvalue weighted by Crippen LogP contribution is -2.22. The number of hydrogen-bond donors (Lipinski definition) is 2. The van der Waals surface area contributed by atoms with Gasteiger partial charge in [0.2, 0.25) is 0 Å². The van der Waals surface area contributed by atoms with E-state index in [1.165, 1.54) is 0 Å². The van der Waals surface area contributed by atoms with Crippen LogP contribution in [0.4, 0.5) is 5.82 Å². The van der Waals surface area contributed by atoms with Gasteiger partial charge in [0, 0.05) is 33.3 Å². The van der Waals surface area contributed by atoms with Crippen molar-refractivity contribution < 1.29 is 5.11 Å². The average Bonchev–Trinajstić information content (AvgIpc) is 2.18. The second-order valence-electron chi connectivity index (χ2n) is 3.51. The summed E-state index contributed by atoms with van der Waals surface area (Å²) in [5, 5.41) is 9.33. The molecule has 3 N–H and O–H groups in total. The minimum absolute atomic E-state index is 0.287. The molecule has 0 bridgehead atoms. The molecule has 4 nitrogen and oxygen atoms in total. The van der Waals surface area contributed by atoms with Crippen LogP contribution in [0, 0.1) is 0 Å². The molecule has 0 aliphatic heterocycles. The first-order chi connectivity index (χ1) is 6.63. The SMILES string of the molecule is CN(C)c1ccc(CC(O)CN)cn1. The average molecular weight is 195 g/mol. The molecule has 0 fully saturated rings. The van der Waals surface area contributed by atoms with Crippen LogP contribution in [-0.2, 0) is 6.42 Å². The van der Waals surface area contributed by atoms with E-state index in [0.29, 0.717) is 6.42 Å². The zero-order valence-corrected chi connectivity index (χ0v) is 8.64. The minimum atomic E-state index is -0.470. The molecule has 0 amide bonds. The Labute approximate surface area is 84.4 Å². The van der Waals surface area contributed by atoms with Gasteiger partial charge in [0.25, 0.3) is 0 Å². The van der Waals surface area contributed by atoms with Crippen LogP contribution in [0.1, 0.15) is 5.56 Å². The lowest BCUT2D eigenvalue weighted by molar-refractivity contribution is 0.183. The van der Waals surface area contributed by atoms with Crippen LogP contribution in [0.25, 0.3) is 0 Å². The summed E-state index contributed by atoms with van der Waals surface area (Å²) in [5.41, 5.74) is 6.33. The predicted octanol–water partition coefficient (Wildman–Crippen LogP) is 0.00970. The van der Waals surface area contributed by atoms with E-state index >= 15 is 0 Å². The Bertz CT molecular complexity index is 271. The van der Waals surface area contributed by atoms with Crippen molar-refractivity contribution in [1.82, 2.24) is 4.98 Å². The second-order valence-corrected chi connectivity index (χ2v) is 3.51. The lowest BCUT2D eigenvalue weighted by Gasteiger charge is -2.12. The largest absolute Gasteiger partial charge is 0.391 e. The minimum Gasteiger partial charge on any atom is -0.391 e. The Morgan fingerprint density at radius 3 is 2.64 bits per heavy atom. The Kier molecular flexibility index (Phi) is 3.85. The first-order valence-electron chi connectivity index (χ1n) is 4.64. The number of anilines is 1. The van der Waals surface area contributed by atoms with Gasteiger partial charge in [0.1, 0.15) is 5.82 Å². The third-order valence-corrected chi connectivity index (χ3v) is 2.01. The summed E-state index contributed by atoms with van der Waals surface area (Å²) in [4.78, 5) is 6.17. The molecule has 14 heavy (non-hydrogen) atoms. The second kappa shape index (κ2) is 4.93. The monoisotopic (exact) mass is 195 g/mol. The van der Waals surface area contributed by atoms with Crippen LogP contribution in [0.5, 0.6) is 0 Å². The highest BCUT2D eigenvalue weighted by Gasteiger charge is 2.03. The molecule has 0 radical (unpaired) electrons. The van der Waals surface area contributed by atoms with Crippen LogP contribution < -0.4 is 10.6 Å². The summed E-state index contributed by atoms with van der Waals surface area (Å²) < 4.78 is 0. The topological polar surface area (TPSA) is 62.4 Å². The molecule has 4 heteroatoms. The molecule has 0 saturated heterocycles. The van der Waals surface area contributed by atoms with Gasteiger partial charge in [0.15, 0.2) is 0 Å². The summed E-state index contributed by atoms with van der Waals surface area (Å²) in [5.74, 6) is 0.913. The van der Waals surface area contributed by atoms with Crippen molar-refractivity contribution in [2.75, 3.05) is 25.5 Å². The first-order valence-corrected chi connectivity index (χ1v) is 4.64. The number of aliphatic hydroxyl groups is 1. The van der Waals surface area contributed by atoms with Gasteiger partial charge in [-0.05, 0) is 11.6 Å². The molecule has 0 spiro atoms. The number of aromatic nitrogens is 1. The van der Waals surface area contributed by atoms with E-state index in [1.54, 1.807) is 6.20 Å². The van der Waals surface area contributed by atoms with Crippen molar-refractivity contribution in [3.8, 4) is 0 Å².